The van der Waals surface area contributed by atoms with Crippen molar-refractivity contribution >= 4 is 33.4 Å². The molecule has 3 aromatic rings. The van der Waals surface area contributed by atoms with E-state index in [0.717, 1.165) is 47.1 Å². The van der Waals surface area contributed by atoms with E-state index < -0.39 is 0 Å². The first-order valence-electron chi connectivity index (χ1n) is 8.94. The summed E-state index contributed by atoms with van der Waals surface area (Å²) in [6, 6.07) is 4.18. The van der Waals surface area contributed by atoms with Gasteiger partial charge in [0.1, 0.15) is 10.7 Å². The molecule has 0 atom stereocenters. The van der Waals surface area contributed by atoms with Crippen molar-refractivity contribution in [3.63, 3.8) is 0 Å². The number of hydrogen-bond acceptors (Lipinski definition) is 5. The molecule has 0 saturated carbocycles. The summed E-state index contributed by atoms with van der Waals surface area (Å²) in [4.78, 5) is 25.4. The number of aromatic amines is 1. The monoisotopic (exact) mass is 371 g/mol. The molecule has 0 aliphatic rings. The van der Waals surface area contributed by atoms with Crippen molar-refractivity contribution in [2.75, 3.05) is 18.4 Å². The number of benzene rings is 1. The fourth-order valence-electron chi connectivity index (χ4n) is 2.85. The summed E-state index contributed by atoms with van der Waals surface area (Å²) in [7, 11) is 0. The smallest absolute Gasteiger partial charge is 0.263 e. The summed E-state index contributed by atoms with van der Waals surface area (Å²) in [6.45, 7) is 9.48. The highest BCUT2D eigenvalue weighted by atomic mass is 32.1. The van der Waals surface area contributed by atoms with Crippen LogP contribution in [0.4, 0.5) is 5.13 Å². The fourth-order valence-corrected chi connectivity index (χ4v) is 3.81. The van der Waals surface area contributed by atoms with Crippen LogP contribution >= 0.6 is 11.3 Å². The van der Waals surface area contributed by atoms with E-state index in [-0.39, 0.29) is 5.91 Å². The van der Waals surface area contributed by atoms with Gasteiger partial charge in [0.05, 0.1) is 16.7 Å². The Balaban J connectivity index is 1.54. The van der Waals surface area contributed by atoms with E-state index in [4.69, 9.17) is 4.98 Å². The largest absolute Gasteiger partial charge is 0.362 e. The molecular weight excluding hydrogens is 346 g/mol. The first-order valence-corrected chi connectivity index (χ1v) is 9.75. The molecule has 3 rings (SSSR count). The van der Waals surface area contributed by atoms with Gasteiger partial charge in [-0.15, -0.1) is 0 Å². The van der Waals surface area contributed by atoms with Crippen molar-refractivity contribution in [1.82, 2.24) is 20.3 Å². The zero-order valence-electron chi connectivity index (χ0n) is 15.7. The molecule has 0 aliphatic heterocycles. The molecule has 1 amide bonds. The van der Waals surface area contributed by atoms with Gasteiger partial charge in [-0.2, -0.15) is 0 Å². The molecule has 0 spiro atoms. The Morgan fingerprint density at radius 2 is 2.04 bits per heavy atom. The molecule has 0 aliphatic carbocycles. The Bertz CT molecular complexity index is 928. The van der Waals surface area contributed by atoms with Gasteiger partial charge in [-0.05, 0) is 51.3 Å². The lowest BCUT2D eigenvalue weighted by Crippen LogP contribution is -2.24. The fraction of sp³-hybridized carbons (Fsp3) is 0.421. The van der Waals surface area contributed by atoms with Gasteiger partial charge in [0.25, 0.3) is 5.91 Å². The van der Waals surface area contributed by atoms with E-state index >= 15 is 0 Å². The van der Waals surface area contributed by atoms with Crippen LogP contribution in [0, 0.1) is 20.8 Å². The Kier molecular flexibility index (Phi) is 5.56. The summed E-state index contributed by atoms with van der Waals surface area (Å²) >= 11 is 1.40. The third-order valence-electron chi connectivity index (χ3n) is 4.43. The minimum absolute atomic E-state index is 0.0553. The van der Waals surface area contributed by atoms with Crippen molar-refractivity contribution < 1.29 is 4.79 Å². The SMILES string of the molecule is CCNc1nc(C)c(C(=O)NCCCc2nc3c(C)c(C)ccc3[nH]2)s1. The normalized spacial score (nSPS) is 11.1. The lowest BCUT2D eigenvalue weighted by molar-refractivity contribution is 0.0956. The van der Waals surface area contributed by atoms with Crippen LogP contribution in [0.3, 0.4) is 0 Å². The standard InChI is InChI=1S/C19H25N5OS/c1-5-20-19-22-13(4)17(26-19)18(25)21-10-6-7-15-23-14-9-8-11(2)12(3)16(14)24-15/h8-9H,5-7,10H2,1-4H3,(H,20,22)(H,21,25)(H,23,24). The van der Waals surface area contributed by atoms with Gasteiger partial charge in [0.15, 0.2) is 5.13 Å². The lowest BCUT2D eigenvalue weighted by atomic mass is 10.1. The van der Waals surface area contributed by atoms with Crippen LogP contribution in [0.1, 0.15) is 45.7 Å². The van der Waals surface area contributed by atoms with Gasteiger partial charge in [-0.25, -0.2) is 9.97 Å². The highest BCUT2D eigenvalue weighted by Crippen LogP contribution is 2.22. The lowest BCUT2D eigenvalue weighted by Gasteiger charge is -2.03. The van der Waals surface area contributed by atoms with Gasteiger partial charge >= 0.3 is 0 Å². The van der Waals surface area contributed by atoms with Crippen LogP contribution in [0.15, 0.2) is 12.1 Å². The molecule has 26 heavy (non-hydrogen) atoms. The van der Waals surface area contributed by atoms with Crippen LogP contribution in [-0.4, -0.2) is 33.9 Å². The van der Waals surface area contributed by atoms with E-state index in [1.165, 1.54) is 22.5 Å². The molecule has 6 nitrogen and oxygen atoms in total. The minimum atomic E-state index is -0.0553. The molecular formula is C19H25N5OS. The third kappa shape index (κ3) is 3.88. The quantitative estimate of drug-likeness (QED) is 0.553. The molecule has 3 N–H and O–H groups in total. The van der Waals surface area contributed by atoms with Crippen molar-refractivity contribution in [2.45, 2.75) is 40.5 Å². The number of hydrogen-bond donors (Lipinski definition) is 3. The van der Waals surface area contributed by atoms with Crippen molar-refractivity contribution in [3.05, 3.63) is 39.7 Å². The number of amides is 1. The predicted octanol–water partition coefficient (Wildman–Crippen LogP) is 3.74. The molecule has 138 valence electrons. The predicted molar refractivity (Wildman–Crippen MR) is 107 cm³/mol. The molecule has 2 aromatic heterocycles. The maximum atomic E-state index is 12.3. The molecule has 7 heteroatoms. The summed E-state index contributed by atoms with van der Waals surface area (Å²) in [6.07, 6.45) is 1.64. The van der Waals surface area contributed by atoms with Crippen molar-refractivity contribution in [2.24, 2.45) is 0 Å². The van der Waals surface area contributed by atoms with E-state index in [1.807, 2.05) is 13.8 Å². The van der Waals surface area contributed by atoms with Gasteiger partial charge in [0.2, 0.25) is 0 Å². The maximum Gasteiger partial charge on any atom is 0.263 e. The number of H-pyrrole nitrogens is 1. The number of anilines is 1. The van der Waals surface area contributed by atoms with E-state index in [1.54, 1.807) is 0 Å². The van der Waals surface area contributed by atoms with Crippen molar-refractivity contribution in [1.29, 1.82) is 0 Å². The number of aryl methyl sites for hydroxylation is 4. The number of carbonyl (C=O) groups excluding carboxylic acids is 1. The average molecular weight is 372 g/mol. The number of imidazole rings is 1. The molecule has 0 unspecified atom stereocenters. The number of nitrogens with zero attached hydrogens (tertiary/aromatic N) is 2. The topological polar surface area (TPSA) is 82.7 Å². The first kappa shape index (κ1) is 18.4. The van der Waals surface area contributed by atoms with E-state index in [0.29, 0.717) is 11.4 Å². The third-order valence-corrected chi connectivity index (χ3v) is 5.55. The molecule has 0 bridgehead atoms. The first-order chi connectivity index (χ1) is 12.5. The molecule has 2 heterocycles. The van der Waals surface area contributed by atoms with Crippen LogP contribution in [0.25, 0.3) is 11.0 Å². The highest BCUT2D eigenvalue weighted by Gasteiger charge is 2.14. The van der Waals surface area contributed by atoms with Crippen LogP contribution in [-0.2, 0) is 6.42 Å². The second-order valence-corrected chi connectivity index (χ2v) is 7.41. The van der Waals surface area contributed by atoms with Crippen LogP contribution in [0.5, 0.6) is 0 Å². The Hall–Kier alpha value is -2.41. The number of thiazole rings is 1. The van der Waals surface area contributed by atoms with Crippen molar-refractivity contribution in [3.8, 4) is 0 Å². The summed E-state index contributed by atoms with van der Waals surface area (Å²) in [5.74, 6) is 0.909. The average Bonchev–Trinajstić information content (AvgIpc) is 3.19. The summed E-state index contributed by atoms with van der Waals surface area (Å²) in [5, 5.41) is 6.92. The summed E-state index contributed by atoms with van der Waals surface area (Å²) < 4.78 is 0. The van der Waals surface area contributed by atoms with E-state index in [2.05, 4.69) is 46.6 Å². The summed E-state index contributed by atoms with van der Waals surface area (Å²) in [5.41, 5.74) is 5.35. The highest BCUT2D eigenvalue weighted by molar-refractivity contribution is 7.17. The number of rotatable bonds is 7. The van der Waals surface area contributed by atoms with Gasteiger partial charge in [-0.3, -0.25) is 4.79 Å². The minimum Gasteiger partial charge on any atom is -0.362 e. The van der Waals surface area contributed by atoms with Crippen LogP contribution < -0.4 is 10.6 Å². The number of carbonyl (C=O) groups is 1. The number of fused-ring (bicyclic) bond motifs is 1. The Labute approximate surface area is 157 Å². The number of aromatic nitrogens is 3. The van der Waals surface area contributed by atoms with E-state index in [9.17, 15) is 4.79 Å². The molecule has 1 aromatic carbocycles. The molecule has 0 fully saturated rings. The zero-order chi connectivity index (χ0) is 18.7. The van der Waals surface area contributed by atoms with Gasteiger partial charge in [-0.1, -0.05) is 17.4 Å². The molecule has 0 saturated heterocycles. The second-order valence-electron chi connectivity index (χ2n) is 6.41. The zero-order valence-corrected chi connectivity index (χ0v) is 16.5. The Morgan fingerprint density at radius 1 is 1.23 bits per heavy atom. The maximum absolute atomic E-state index is 12.3. The van der Waals surface area contributed by atoms with Crippen LogP contribution in [0.2, 0.25) is 0 Å². The van der Waals surface area contributed by atoms with Gasteiger partial charge < -0.3 is 15.6 Å². The Morgan fingerprint density at radius 3 is 2.81 bits per heavy atom. The second kappa shape index (κ2) is 7.86. The number of nitrogens with one attached hydrogen (secondary N) is 3. The van der Waals surface area contributed by atoms with Gasteiger partial charge in [0, 0.05) is 19.5 Å². The molecule has 0 radical (unpaired) electrons.